The quantitative estimate of drug-likeness (QED) is 0.585. The van der Waals surface area contributed by atoms with E-state index in [1.54, 1.807) is 11.8 Å². The first-order valence-corrected chi connectivity index (χ1v) is 8.07. The summed E-state index contributed by atoms with van der Waals surface area (Å²) in [4.78, 5) is 6.42. The van der Waals surface area contributed by atoms with Crippen molar-refractivity contribution in [3.05, 3.63) is 48.9 Å². The van der Waals surface area contributed by atoms with Crippen LogP contribution in [0.3, 0.4) is 0 Å². The van der Waals surface area contributed by atoms with E-state index in [2.05, 4.69) is 50.4 Å². The molecule has 5 nitrogen and oxygen atoms in total. The number of aromatic nitrogens is 3. The Bertz CT molecular complexity index is 937. The molecule has 0 atom stereocenters. The standard InChI is InChI=1S/C17H16N4OS/c1-21(2)12-4-3-5-13(6-12)23-16-7-14-15(10-18-17(14)22-16)11-8-19-20-9-11/h3-10,18H,1-2H3,(H,19,20). The SMILES string of the molecule is CN(C)c1cccc(Sc2cc3c(-c4cn[nH]c4)c[nH]c3o2)c1. The first kappa shape index (κ1) is 14.0. The number of nitrogens with zero attached hydrogens (tertiary/aromatic N) is 2. The van der Waals surface area contributed by atoms with Gasteiger partial charge in [0.2, 0.25) is 5.71 Å². The van der Waals surface area contributed by atoms with Gasteiger partial charge in [-0.25, -0.2) is 0 Å². The molecule has 23 heavy (non-hydrogen) atoms. The topological polar surface area (TPSA) is 60.9 Å². The number of hydrogen-bond donors (Lipinski definition) is 2. The maximum atomic E-state index is 5.91. The maximum absolute atomic E-state index is 5.91. The number of hydrogen-bond acceptors (Lipinski definition) is 4. The summed E-state index contributed by atoms with van der Waals surface area (Å²) in [6.07, 6.45) is 5.63. The Labute approximate surface area is 137 Å². The minimum atomic E-state index is 0.785. The molecule has 3 aromatic heterocycles. The van der Waals surface area contributed by atoms with Gasteiger partial charge in [0.1, 0.15) is 0 Å². The summed E-state index contributed by atoms with van der Waals surface area (Å²) in [5, 5.41) is 8.78. The average Bonchev–Trinajstić information content (AvgIpc) is 3.23. The molecule has 0 radical (unpaired) electrons. The lowest BCUT2D eigenvalue weighted by Gasteiger charge is -2.12. The molecule has 2 N–H and O–H groups in total. The van der Waals surface area contributed by atoms with Gasteiger partial charge in [0, 0.05) is 59.7 Å². The number of aromatic amines is 2. The van der Waals surface area contributed by atoms with Gasteiger partial charge >= 0.3 is 0 Å². The molecule has 0 spiro atoms. The van der Waals surface area contributed by atoms with Gasteiger partial charge < -0.3 is 14.3 Å². The molecule has 4 rings (SSSR count). The number of furan rings is 1. The van der Waals surface area contributed by atoms with E-state index in [0.29, 0.717) is 0 Å². The van der Waals surface area contributed by atoms with Crippen molar-refractivity contribution in [3.8, 4) is 11.1 Å². The normalized spacial score (nSPS) is 11.2. The molecule has 0 saturated carbocycles. The molecule has 0 fully saturated rings. The molecule has 3 heterocycles. The van der Waals surface area contributed by atoms with Crippen LogP contribution >= 0.6 is 11.8 Å². The highest BCUT2D eigenvalue weighted by Gasteiger charge is 2.13. The molecular weight excluding hydrogens is 308 g/mol. The van der Waals surface area contributed by atoms with Crippen molar-refractivity contribution < 1.29 is 4.42 Å². The predicted octanol–water partition coefficient (Wildman–Crippen LogP) is 4.37. The molecule has 0 aliphatic heterocycles. The molecule has 0 aliphatic carbocycles. The van der Waals surface area contributed by atoms with Gasteiger partial charge in [-0.05, 0) is 18.2 Å². The molecule has 0 bridgehead atoms. The summed E-state index contributed by atoms with van der Waals surface area (Å²) in [6.45, 7) is 0. The lowest BCUT2D eigenvalue weighted by atomic mass is 10.1. The van der Waals surface area contributed by atoms with Crippen LogP contribution in [0.5, 0.6) is 0 Å². The van der Waals surface area contributed by atoms with Gasteiger partial charge in [-0.3, -0.25) is 5.10 Å². The Morgan fingerprint density at radius 2 is 2.09 bits per heavy atom. The van der Waals surface area contributed by atoms with E-state index in [1.165, 1.54) is 5.69 Å². The summed E-state index contributed by atoms with van der Waals surface area (Å²) in [6, 6.07) is 10.5. The number of benzene rings is 1. The number of H-pyrrole nitrogens is 2. The Kier molecular flexibility index (Phi) is 3.38. The number of anilines is 1. The lowest BCUT2D eigenvalue weighted by molar-refractivity contribution is 0.506. The summed E-state index contributed by atoms with van der Waals surface area (Å²) in [5.74, 6) is 0. The highest BCUT2D eigenvalue weighted by molar-refractivity contribution is 7.99. The molecule has 0 unspecified atom stereocenters. The third-order valence-corrected chi connectivity index (χ3v) is 4.60. The van der Waals surface area contributed by atoms with Crippen molar-refractivity contribution in [1.29, 1.82) is 0 Å². The third kappa shape index (κ3) is 2.61. The van der Waals surface area contributed by atoms with E-state index < -0.39 is 0 Å². The Hall–Kier alpha value is -2.60. The fourth-order valence-corrected chi connectivity index (χ4v) is 3.38. The van der Waals surface area contributed by atoms with Gasteiger partial charge in [0.05, 0.1) is 6.20 Å². The van der Waals surface area contributed by atoms with Crippen molar-refractivity contribution in [2.75, 3.05) is 19.0 Å². The molecule has 6 heteroatoms. The zero-order valence-electron chi connectivity index (χ0n) is 12.8. The van der Waals surface area contributed by atoms with Crippen LogP contribution in [-0.4, -0.2) is 29.3 Å². The minimum Gasteiger partial charge on any atom is -0.433 e. The lowest BCUT2D eigenvalue weighted by Crippen LogP contribution is -2.08. The first-order valence-electron chi connectivity index (χ1n) is 7.26. The second-order valence-corrected chi connectivity index (χ2v) is 6.57. The second kappa shape index (κ2) is 5.55. The maximum Gasteiger partial charge on any atom is 0.206 e. The second-order valence-electron chi connectivity index (χ2n) is 5.49. The summed E-state index contributed by atoms with van der Waals surface area (Å²) in [5.41, 5.74) is 4.09. The van der Waals surface area contributed by atoms with Crippen molar-refractivity contribution in [3.63, 3.8) is 0 Å². The van der Waals surface area contributed by atoms with Gasteiger partial charge in [0.25, 0.3) is 0 Å². The van der Waals surface area contributed by atoms with Crippen molar-refractivity contribution >= 4 is 28.5 Å². The molecule has 116 valence electrons. The van der Waals surface area contributed by atoms with E-state index >= 15 is 0 Å². The van der Waals surface area contributed by atoms with Gasteiger partial charge in [-0.1, -0.05) is 17.8 Å². The highest BCUT2D eigenvalue weighted by atomic mass is 32.2. The van der Waals surface area contributed by atoms with Crippen molar-refractivity contribution in [2.45, 2.75) is 9.99 Å². The van der Waals surface area contributed by atoms with Gasteiger partial charge in [-0.15, -0.1) is 0 Å². The fraction of sp³-hybridized carbons (Fsp3) is 0.118. The molecule has 0 saturated heterocycles. The Morgan fingerprint density at radius 1 is 1.17 bits per heavy atom. The van der Waals surface area contributed by atoms with Crippen molar-refractivity contribution in [1.82, 2.24) is 15.2 Å². The fourth-order valence-electron chi connectivity index (χ4n) is 2.52. The zero-order chi connectivity index (χ0) is 15.8. The molecule has 0 aliphatic rings. The third-order valence-electron chi connectivity index (χ3n) is 3.71. The van der Waals surface area contributed by atoms with Crippen LogP contribution in [0, 0.1) is 0 Å². The van der Waals surface area contributed by atoms with Crippen LogP contribution in [0.15, 0.2) is 63.3 Å². The minimum absolute atomic E-state index is 0.785. The monoisotopic (exact) mass is 324 g/mol. The average molecular weight is 324 g/mol. The van der Waals surface area contributed by atoms with Gasteiger partial charge in [-0.2, -0.15) is 5.10 Å². The molecule has 1 aromatic carbocycles. The van der Waals surface area contributed by atoms with E-state index in [-0.39, 0.29) is 0 Å². The van der Waals surface area contributed by atoms with Crippen molar-refractivity contribution in [2.24, 2.45) is 0 Å². The van der Waals surface area contributed by atoms with E-state index in [4.69, 9.17) is 4.42 Å². The van der Waals surface area contributed by atoms with Crippen LogP contribution in [0.2, 0.25) is 0 Å². The van der Waals surface area contributed by atoms with Crippen LogP contribution in [-0.2, 0) is 0 Å². The largest absolute Gasteiger partial charge is 0.433 e. The predicted molar refractivity (Wildman–Crippen MR) is 93.0 cm³/mol. The van der Waals surface area contributed by atoms with Crippen LogP contribution in [0.1, 0.15) is 0 Å². The number of nitrogens with one attached hydrogen (secondary N) is 2. The highest BCUT2D eigenvalue weighted by Crippen LogP contribution is 2.37. The van der Waals surface area contributed by atoms with E-state index in [1.807, 2.05) is 32.7 Å². The summed E-state index contributed by atoms with van der Waals surface area (Å²) >= 11 is 1.62. The molecular formula is C17H16N4OS. The van der Waals surface area contributed by atoms with Crippen LogP contribution in [0.25, 0.3) is 22.2 Å². The van der Waals surface area contributed by atoms with Gasteiger partial charge in [0.15, 0.2) is 5.09 Å². The van der Waals surface area contributed by atoms with E-state index in [9.17, 15) is 0 Å². The van der Waals surface area contributed by atoms with Crippen LogP contribution < -0.4 is 4.90 Å². The molecule has 0 amide bonds. The van der Waals surface area contributed by atoms with Crippen LogP contribution in [0.4, 0.5) is 5.69 Å². The number of rotatable bonds is 4. The Balaban J connectivity index is 1.67. The smallest absolute Gasteiger partial charge is 0.206 e. The number of fused-ring (bicyclic) bond motifs is 1. The Morgan fingerprint density at radius 3 is 2.87 bits per heavy atom. The zero-order valence-corrected chi connectivity index (χ0v) is 13.6. The van der Waals surface area contributed by atoms with E-state index in [0.717, 1.165) is 32.2 Å². The molecule has 4 aromatic rings. The first-order chi connectivity index (χ1) is 11.2. The summed E-state index contributed by atoms with van der Waals surface area (Å²) in [7, 11) is 4.08. The summed E-state index contributed by atoms with van der Waals surface area (Å²) < 4.78 is 5.91.